The quantitative estimate of drug-likeness (QED) is 0.626. The number of aryl methyl sites for hydroxylation is 2. The maximum Gasteiger partial charge on any atom is 0.295 e. The molecule has 94 valence electrons. The van der Waals surface area contributed by atoms with Crippen molar-refractivity contribution in [3.8, 4) is 0 Å². The SMILES string of the molecule is CC1=Nc2c([N+](=O)[O-])cc3c4c(ccc(c24)N1)CC3. The van der Waals surface area contributed by atoms with Gasteiger partial charge in [-0.1, -0.05) is 6.07 Å². The number of nitro benzene ring substituents is 1. The van der Waals surface area contributed by atoms with Gasteiger partial charge in [0.05, 0.1) is 4.92 Å². The molecule has 19 heavy (non-hydrogen) atoms. The molecule has 5 heteroatoms. The minimum Gasteiger partial charge on any atom is -0.343 e. The van der Waals surface area contributed by atoms with Crippen LogP contribution in [0.3, 0.4) is 0 Å². The van der Waals surface area contributed by atoms with Crippen molar-refractivity contribution >= 4 is 33.7 Å². The topological polar surface area (TPSA) is 67.5 Å². The molecule has 0 saturated heterocycles. The molecule has 2 aromatic rings. The summed E-state index contributed by atoms with van der Waals surface area (Å²) in [7, 11) is 0. The minimum atomic E-state index is -0.331. The van der Waals surface area contributed by atoms with E-state index in [1.807, 2.05) is 13.0 Å². The smallest absolute Gasteiger partial charge is 0.295 e. The molecule has 0 saturated carbocycles. The largest absolute Gasteiger partial charge is 0.343 e. The number of nitrogens with one attached hydrogen (secondary N) is 1. The van der Waals surface area contributed by atoms with Crippen LogP contribution < -0.4 is 5.32 Å². The van der Waals surface area contributed by atoms with Crippen molar-refractivity contribution in [1.82, 2.24) is 0 Å². The van der Waals surface area contributed by atoms with Crippen LogP contribution in [0.25, 0.3) is 10.8 Å². The predicted molar refractivity (Wildman–Crippen MR) is 74.4 cm³/mol. The Balaban J connectivity index is 2.25. The van der Waals surface area contributed by atoms with Gasteiger partial charge in [-0.25, -0.2) is 4.99 Å². The van der Waals surface area contributed by atoms with Crippen LogP contribution in [0, 0.1) is 10.1 Å². The first kappa shape index (κ1) is 10.5. The minimum absolute atomic E-state index is 0.114. The van der Waals surface area contributed by atoms with E-state index in [1.54, 1.807) is 6.07 Å². The summed E-state index contributed by atoms with van der Waals surface area (Å²) >= 11 is 0. The molecule has 2 aromatic carbocycles. The van der Waals surface area contributed by atoms with E-state index >= 15 is 0 Å². The average Bonchev–Trinajstić information content (AvgIpc) is 2.79. The fourth-order valence-corrected chi connectivity index (χ4v) is 3.11. The lowest BCUT2D eigenvalue weighted by molar-refractivity contribution is -0.384. The van der Waals surface area contributed by atoms with E-state index in [-0.39, 0.29) is 10.6 Å². The number of nitro groups is 1. The zero-order valence-corrected chi connectivity index (χ0v) is 10.4. The van der Waals surface area contributed by atoms with Crippen molar-refractivity contribution in [2.24, 2.45) is 4.99 Å². The normalized spacial score (nSPS) is 15.3. The van der Waals surface area contributed by atoms with Gasteiger partial charge in [-0.2, -0.15) is 0 Å². The summed E-state index contributed by atoms with van der Waals surface area (Å²) < 4.78 is 0. The van der Waals surface area contributed by atoms with Crippen LogP contribution in [0.15, 0.2) is 23.2 Å². The Morgan fingerprint density at radius 2 is 2.05 bits per heavy atom. The Hall–Kier alpha value is -2.43. The number of rotatable bonds is 1. The molecule has 2 aliphatic rings. The lowest BCUT2D eigenvalue weighted by atomic mass is 9.99. The van der Waals surface area contributed by atoms with E-state index in [2.05, 4.69) is 16.4 Å². The molecule has 5 nitrogen and oxygen atoms in total. The van der Waals surface area contributed by atoms with E-state index in [1.165, 1.54) is 5.56 Å². The molecule has 0 amide bonds. The van der Waals surface area contributed by atoms with Gasteiger partial charge < -0.3 is 5.32 Å². The molecular weight excluding hydrogens is 242 g/mol. The first-order chi connectivity index (χ1) is 9.15. The van der Waals surface area contributed by atoms with Crippen molar-refractivity contribution in [1.29, 1.82) is 0 Å². The van der Waals surface area contributed by atoms with Gasteiger partial charge in [-0.15, -0.1) is 0 Å². The van der Waals surface area contributed by atoms with Crippen molar-refractivity contribution in [3.63, 3.8) is 0 Å². The third-order valence-corrected chi connectivity index (χ3v) is 3.86. The van der Waals surface area contributed by atoms with Crippen LogP contribution in [-0.2, 0) is 12.8 Å². The van der Waals surface area contributed by atoms with Crippen molar-refractivity contribution in [3.05, 3.63) is 39.4 Å². The average molecular weight is 253 g/mol. The fraction of sp³-hybridized carbons (Fsp3) is 0.214. The zero-order chi connectivity index (χ0) is 13.1. The zero-order valence-electron chi connectivity index (χ0n) is 10.4. The summed E-state index contributed by atoms with van der Waals surface area (Å²) in [5.74, 6) is 0.691. The summed E-state index contributed by atoms with van der Waals surface area (Å²) in [6.45, 7) is 1.82. The monoisotopic (exact) mass is 253 g/mol. The second kappa shape index (κ2) is 3.32. The Morgan fingerprint density at radius 1 is 1.26 bits per heavy atom. The molecule has 0 atom stereocenters. The number of hydrogen-bond acceptors (Lipinski definition) is 4. The fourth-order valence-electron chi connectivity index (χ4n) is 3.11. The Morgan fingerprint density at radius 3 is 2.84 bits per heavy atom. The van der Waals surface area contributed by atoms with Crippen LogP contribution in [-0.4, -0.2) is 10.8 Å². The van der Waals surface area contributed by atoms with Crippen LogP contribution >= 0.6 is 0 Å². The summed E-state index contributed by atoms with van der Waals surface area (Å²) in [4.78, 5) is 15.3. The summed E-state index contributed by atoms with van der Waals surface area (Å²) in [5, 5.41) is 16.5. The van der Waals surface area contributed by atoms with Gasteiger partial charge in [0.1, 0.15) is 5.84 Å². The van der Waals surface area contributed by atoms with Crippen LogP contribution in [0.2, 0.25) is 0 Å². The molecule has 0 bridgehead atoms. The number of benzene rings is 2. The first-order valence-electron chi connectivity index (χ1n) is 6.23. The number of hydrogen-bond donors (Lipinski definition) is 1. The van der Waals surface area contributed by atoms with Gasteiger partial charge in [0, 0.05) is 17.1 Å². The summed E-state index contributed by atoms with van der Waals surface area (Å²) in [6.07, 6.45) is 1.83. The second-order valence-corrected chi connectivity index (χ2v) is 5.00. The van der Waals surface area contributed by atoms with Gasteiger partial charge in [0.25, 0.3) is 5.69 Å². The van der Waals surface area contributed by atoms with E-state index in [4.69, 9.17) is 0 Å². The highest BCUT2D eigenvalue weighted by molar-refractivity contribution is 6.17. The molecule has 0 unspecified atom stereocenters. The van der Waals surface area contributed by atoms with E-state index in [9.17, 15) is 10.1 Å². The molecule has 1 N–H and O–H groups in total. The third kappa shape index (κ3) is 1.27. The molecule has 0 radical (unpaired) electrons. The standard InChI is InChI=1S/C14H11N3O2/c1-7-15-10-5-4-8-2-3-9-6-11(17(18)19)14(16-7)13(10)12(8)9/h4-6H,2-3H2,1H3,(H,15,16). The van der Waals surface area contributed by atoms with E-state index < -0.39 is 0 Å². The Bertz CT molecular complexity index is 793. The number of anilines is 1. The van der Waals surface area contributed by atoms with Crippen molar-refractivity contribution in [2.75, 3.05) is 5.32 Å². The van der Waals surface area contributed by atoms with Gasteiger partial charge in [0.2, 0.25) is 0 Å². The van der Waals surface area contributed by atoms with Crippen LogP contribution in [0.5, 0.6) is 0 Å². The number of nitrogens with zero attached hydrogens (tertiary/aromatic N) is 2. The molecule has 4 rings (SSSR count). The Labute approximate surface area is 109 Å². The Kier molecular flexibility index (Phi) is 1.83. The van der Waals surface area contributed by atoms with Crippen molar-refractivity contribution < 1.29 is 4.92 Å². The lowest BCUT2D eigenvalue weighted by Gasteiger charge is -2.18. The number of amidine groups is 1. The van der Waals surface area contributed by atoms with Gasteiger partial charge >= 0.3 is 0 Å². The highest BCUT2D eigenvalue weighted by atomic mass is 16.6. The first-order valence-corrected chi connectivity index (χ1v) is 6.23. The maximum atomic E-state index is 11.3. The van der Waals surface area contributed by atoms with E-state index in [0.29, 0.717) is 11.5 Å². The third-order valence-electron chi connectivity index (χ3n) is 3.86. The molecule has 0 spiro atoms. The van der Waals surface area contributed by atoms with Crippen LogP contribution in [0.4, 0.5) is 17.1 Å². The molecule has 1 aliphatic carbocycles. The van der Waals surface area contributed by atoms with Gasteiger partial charge in [-0.05, 0) is 42.3 Å². The molecule has 0 fully saturated rings. The van der Waals surface area contributed by atoms with Crippen LogP contribution in [0.1, 0.15) is 18.1 Å². The highest BCUT2D eigenvalue weighted by Gasteiger charge is 2.28. The predicted octanol–water partition coefficient (Wildman–Crippen LogP) is 3.32. The second-order valence-electron chi connectivity index (χ2n) is 5.00. The van der Waals surface area contributed by atoms with Gasteiger partial charge in [0.15, 0.2) is 5.69 Å². The number of aliphatic imine (C=N–C) groups is 1. The summed E-state index contributed by atoms with van der Waals surface area (Å²) in [6, 6.07) is 5.80. The lowest BCUT2D eigenvalue weighted by Crippen LogP contribution is -2.11. The molecule has 1 aliphatic heterocycles. The highest BCUT2D eigenvalue weighted by Crippen LogP contribution is 2.47. The van der Waals surface area contributed by atoms with Crippen molar-refractivity contribution in [2.45, 2.75) is 19.8 Å². The van der Waals surface area contributed by atoms with Gasteiger partial charge in [-0.3, -0.25) is 10.1 Å². The summed E-state index contributed by atoms with van der Waals surface area (Å²) in [5.41, 5.74) is 3.87. The maximum absolute atomic E-state index is 11.3. The molecule has 1 heterocycles. The molecule has 0 aromatic heterocycles. The van der Waals surface area contributed by atoms with E-state index in [0.717, 1.165) is 34.9 Å². The molecular formula is C14H11N3O2.